The van der Waals surface area contributed by atoms with E-state index >= 15 is 0 Å². The lowest BCUT2D eigenvalue weighted by molar-refractivity contribution is -0.00241. The molecule has 0 aromatic heterocycles. The second-order valence-corrected chi connectivity index (χ2v) is 6.14. The van der Waals surface area contributed by atoms with Crippen LogP contribution in [0, 0.1) is 5.92 Å². The summed E-state index contributed by atoms with van der Waals surface area (Å²) in [6, 6.07) is 0.368. The molecule has 1 rings (SSSR count). The van der Waals surface area contributed by atoms with Crippen molar-refractivity contribution in [2.24, 2.45) is 11.7 Å². The lowest BCUT2D eigenvalue weighted by Crippen LogP contribution is -2.47. The second kappa shape index (κ2) is 10.5. The van der Waals surface area contributed by atoms with E-state index < -0.39 is 12.2 Å². The van der Waals surface area contributed by atoms with Crippen LogP contribution < -0.4 is 5.73 Å². The topological polar surface area (TPSA) is 99.2 Å². The minimum atomic E-state index is -0.558. The van der Waals surface area contributed by atoms with E-state index in [-0.39, 0.29) is 6.61 Å². The summed E-state index contributed by atoms with van der Waals surface area (Å²) in [4.78, 5) is 2.15. The van der Waals surface area contributed by atoms with Crippen molar-refractivity contribution in [2.75, 3.05) is 40.0 Å². The summed E-state index contributed by atoms with van der Waals surface area (Å²) in [7, 11) is 1.57. The number of rotatable bonds is 10. The quantitative estimate of drug-likeness (QED) is 0.436. The fourth-order valence-corrected chi connectivity index (χ4v) is 3.15. The number of methoxy groups -OCH3 is 1. The Balaban J connectivity index is 2.54. The number of nitrogens with two attached hydrogens (primary N) is 1. The second-order valence-electron chi connectivity index (χ2n) is 6.14. The average Bonchev–Trinajstić information content (AvgIpc) is 2.47. The van der Waals surface area contributed by atoms with Gasteiger partial charge in [0.05, 0.1) is 18.8 Å². The summed E-state index contributed by atoms with van der Waals surface area (Å²) in [5.41, 5.74) is 5.73. The number of nitrogens with zero attached hydrogens (tertiary/aromatic N) is 1. The van der Waals surface area contributed by atoms with Gasteiger partial charge in [-0.05, 0) is 44.6 Å². The van der Waals surface area contributed by atoms with Gasteiger partial charge in [0.15, 0.2) is 0 Å². The van der Waals surface area contributed by atoms with E-state index in [2.05, 4.69) is 4.90 Å². The fraction of sp³-hybridized carbons (Fsp3) is 1.00. The molecule has 2 unspecified atom stereocenters. The van der Waals surface area contributed by atoms with Gasteiger partial charge in [0, 0.05) is 32.8 Å². The summed E-state index contributed by atoms with van der Waals surface area (Å²) in [6.45, 7) is 2.00. The van der Waals surface area contributed by atoms with Crippen molar-refractivity contribution >= 4 is 0 Å². The fourth-order valence-electron chi connectivity index (χ4n) is 3.15. The molecule has 6 nitrogen and oxygen atoms in total. The summed E-state index contributed by atoms with van der Waals surface area (Å²) >= 11 is 0. The Morgan fingerprint density at radius 3 is 2.29 bits per heavy atom. The van der Waals surface area contributed by atoms with Gasteiger partial charge in [0.1, 0.15) is 0 Å². The van der Waals surface area contributed by atoms with Gasteiger partial charge in [0.25, 0.3) is 0 Å². The maximum Gasteiger partial charge on any atom is 0.0900 e. The number of aliphatic hydroxyl groups excluding tert-OH is 3. The van der Waals surface area contributed by atoms with Crippen LogP contribution in [0.1, 0.15) is 32.1 Å². The van der Waals surface area contributed by atoms with Gasteiger partial charge in [-0.15, -0.1) is 0 Å². The molecule has 0 saturated heterocycles. The molecule has 6 heteroatoms. The largest absolute Gasteiger partial charge is 0.396 e. The molecular weight excluding hydrogens is 272 g/mol. The van der Waals surface area contributed by atoms with Gasteiger partial charge < -0.3 is 25.8 Å². The molecule has 0 aromatic carbocycles. The first-order chi connectivity index (χ1) is 10.1. The van der Waals surface area contributed by atoms with Crippen molar-refractivity contribution in [3.8, 4) is 0 Å². The summed E-state index contributed by atoms with van der Waals surface area (Å²) < 4.78 is 4.98. The van der Waals surface area contributed by atoms with Crippen LogP contribution in [0.5, 0.6) is 0 Å². The number of aliphatic hydroxyl groups is 3. The van der Waals surface area contributed by atoms with Crippen LogP contribution in [0.25, 0.3) is 0 Å². The molecule has 21 heavy (non-hydrogen) atoms. The molecule has 1 saturated carbocycles. The standard InChI is InChI=1S/C15H32N2O4/c1-21-11-15(20)10-17(9-14(19)6-7-18)13-4-2-12(8-16)3-5-13/h12-15,18-20H,2-11,16H2,1H3. The average molecular weight is 304 g/mol. The number of ether oxygens (including phenoxy) is 1. The molecule has 0 aromatic rings. The van der Waals surface area contributed by atoms with E-state index in [4.69, 9.17) is 15.6 Å². The predicted molar refractivity (Wildman–Crippen MR) is 82.0 cm³/mol. The van der Waals surface area contributed by atoms with Gasteiger partial charge in [0.2, 0.25) is 0 Å². The van der Waals surface area contributed by atoms with Crippen molar-refractivity contribution in [1.29, 1.82) is 0 Å². The molecule has 5 N–H and O–H groups in total. The van der Waals surface area contributed by atoms with Gasteiger partial charge in [-0.1, -0.05) is 0 Å². The Morgan fingerprint density at radius 2 is 1.76 bits per heavy atom. The van der Waals surface area contributed by atoms with Gasteiger partial charge in [-0.25, -0.2) is 0 Å². The molecule has 0 aliphatic heterocycles. The number of hydrogen-bond acceptors (Lipinski definition) is 6. The normalized spacial score (nSPS) is 26.0. The van der Waals surface area contributed by atoms with Crippen molar-refractivity contribution in [3.63, 3.8) is 0 Å². The molecule has 1 aliphatic rings. The molecule has 0 spiro atoms. The zero-order valence-electron chi connectivity index (χ0n) is 13.2. The van der Waals surface area contributed by atoms with E-state index in [1.807, 2.05) is 0 Å². The first-order valence-electron chi connectivity index (χ1n) is 8.00. The zero-order valence-corrected chi connectivity index (χ0v) is 13.2. The minimum Gasteiger partial charge on any atom is -0.396 e. The zero-order chi connectivity index (χ0) is 15.7. The number of hydrogen-bond donors (Lipinski definition) is 4. The van der Waals surface area contributed by atoms with E-state index in [1.54, 1.807) is 7.11 Å². The monoisotopic (exact) mass is 304 g/mol. The first kappa shape index (κ1) is 18.8. The maximum absolute atomic E-state index is 9.97. The van der Waals surface area contributed by atoms with Gasteiger partial charge in [-0.2, -0.15) is 0 Å². The van der Waals surface area contributed by atoms with E-state index in [0.717, 1.165) is 32.2 Å². The van der Waals surface area contributed by atoms with Crippen LogP contribution in [-0.4, -0.2) is 78.4 Å². The van der Waals surface area contributed by atoms with Crippen molar-refractivity contribution in [1.82, 2.24) is 4.90 Å². The van der Waals surface area contributed by atoms with Crippen molar-refractivity contribution in [3.05, 3.63) is 0 Å². The Kier molecular flexibility index (Phi) is 9.39. The minimum absolute atomic E-state index is 0.0183. The summed E-state index contributed by atoms with van der Waals surface area (Å²) in [5, 5.41) is 28.9. The van der Waals surface area contributed by atoms with Crippen LogP contribution in [0.4, 0.5) is 0 Å². The smallest absolute Gasteiger partial charge is 0.0900 e. The third-order valence-corrected chi connectivity index (χ3v) is 4.38. The van der Waals surface area contributed by atoms with Crippen molar-refractivity contribution < 1.29 is 20.1 Å². The highest BCUT2D eigenvalue weighted by molar-refractivity contribution is 4.82. The molecule has 1 fully saturated rings. The van der Waals surface area contributed by atoms with Crippen LogP contribution in [0.2, 0.25) is 0 Å². The first-order valence-corrected chi connectivity index (χ1v) is 8.00. The van der Waals surface area contributed by atoms with Crippen molar-refractivity contribution in [2.45, 2.75) is 50.4 Å². The van der Waals surface area contributed by atoms with Crippen LogP contribution in [-0.2, 0) is 4.74 Å². The van der Waals surface area contributed by atoms with Crippen LogP contribution in [0.3, 0.4) is 0 Å². The Labute approximate surface area is 127 Å². The van der Waals surface area contributed by atoms with Gasteiger partial charge >= 0.3 is 0 Å². The SMILES string of the molecule is COCC(O)CN(CC(O)CCO)C1CCC(CN)CC1. The molecule has 1 aliphatic carbocycles. The Hall–Kier alpha value is -0.240. The van der Waals surface area contributed by atoms with E-state index in [1.165, 1.54) is 0 Å². The molecule has 0 radical (unpaired) electrons. The summed E-state index contributed by atoms with van der Waals surface area (Å²) in [5.74, 6) is 0.606. The third-order valence-electron chi connectivity index (χ3n) is 4.38. The predicted octanol–water partition coefficient (Wildman–Crippen LogP) is -0.443. The summed E-state index contributed by atoms with van der Waals surface area (Å²) in [6.07, 6.45) is 3.57. The molecule has 0 heterocycles. The lowest BCUT2D eigenvalue weighted by Gasteiger charge is -2.38. The lowest BCUT2D eigenvalue weighted by atomic mass is 9.85. The maximum atomic E-state index is 9.97. The van der Waals surface area contributed by atoms with Crippen LogP contribution in [0.15, 0.2) is 0 Å². The molecule has 0 amide bonds. The molecule has 126 valence electrons. The molecular formula is C15H32N2O4. The van der Waals surface area contributed by atoms with E-state index in [0.29, 0.717) is 38.1 Å². The third kappa shape index (κ3) is 7.04. The highest BCUT2D eigenvalue weighted by Crippen LogP contribution is 2.27. The molecule has 0 bridgehead atoms. The van der Waals surface area contributed by atoms with Gasteiger partial charge in [-0.3, -0.25) is 4.90 Å². The van der Waals surface area contributed by atoms with E-state index in [9.17, 15) is 10.2 Å². The van der Waals surface area contributed by atoms with Crippen LogP contribution >= 0.6 is 0 Å². The molecule has 2 atom stereocenters. The Bertz CT molecular complexity index is 246. The highest BCUT2D eigenvalue weighted by Gasteiger charge is 2.27. The highest BCUT2D eigenvalue weighted by atomic mass is 16.5. The Morgan fingerprint density at radius 1 is 1.14 bits per heavy atom.